The van der Waals surface area contributed by atoms with E-state index in [0.717, 1.165) is 0 Å². The minimum Gasteiger partial charge on any atom is -0.324 e. The van der Waals surface area contributed by atoms with Crippen LogP contribution in [0.3, 0.4) is 0 Å². The van der Waals surface area contributed by atoms with Crippen LogP contribution in [0.2, 0.25) is 0 Å². The van der Waals surface area contributed by atoms with Gasteiger partial charge in [-0.15, -0.1) is 10.2 Å². The summed E-state index contributed by atoms with van der Waals surface area (Å²) < 4.78 is 16.0. The molecule has 2 rings (SSSR count). The molecule has 18 heavy (non-hydrogen) atoms. The van der Waals surface area contributed by atoms with Crippen molar-refractivity contribution >= 4 is 15.9 Å². The molecule has 0 amide bonds. The van der Waals surface area contributed by atoms with Crippen LogP contribution in [-0.2, 0) is 6.54 Å². The molecule has 0 atom stereocenters. The van der Waals surface area contributed by atoms with Crippen molar-refractivity contribution in [3.05, 3.63) is 34.3 Å². The van der Waals surface area contributed by atoms with E-state index in [4.69, 9.17) is 5.73 Å². The average molecular weight is 313 g/mol. The van der Waals surface area contributed by atoms with Crippen LogP contribution >= 0.6 is 15.9 Å². The highest BCUT2D eigenvalue weighted by Crippen LogP contribution is 2.26. The Morgan fingerprint density at radius 3 is 2.61 bits per heavy atom. The first kappa shape index (κ1) is 13.2. The second-order valence-electron chi connectivity index (χ2n) is 4.27. The van der Waals surface area contributed by atoms with Crippen LogP contribution in [0.4, 0.5) is 4.39 Å². The van der Waals surface area contributed by atoms with Crippen molar-refractivity contribution in [2.24, 2.45) is 5.73 Å². The lowest BCUT2D eigenvalue weighted by molar-refractivity contribution is 0.573. The van der Waals surface area contributed by atoms with E-state index in [1.165, 1.54) is 12.1 Å². The maximum atomic E-state index is 13.4. The summed E-state index contributed by atoms with van der Waals surface area (Å²) in [5.74, 6) is 1.01. The van der Waals surface area contributed by atoms with E-state index >= 15 is 0 Å². The Hall–Kier alpha value is -1.27. The summed E-state index contributed by atoms with van der Waals surface area (Å²) in [5.41, 5.74) is 6.32. The van der Waals surface area contributed by atoms with E-state index in [0.29, 0.717) is 28.2 Å². The van der Waals surface area contributed by atoms with Crippen molar-refractivity contribution in [1.82, 2.24) is 14.8 Å². The third-order valence-corrected chi connectivity index (χ3v) is 3.04. The van der Waals surface area contributed by atoms with Gasteiger partial charge in [-0.1, -0.05) is 15.9 Å². The van der Waals surface area contributed by atoms with Gasteiger partial charge < -0.3 is 10.3 Å². The molecular weight excluding hydrogens is 299 g/mol. The molecule has 0 aliphatic rings. The summed E-state index contributed by atoms with van der Waals surface area (Å²) in [6, 6.07) is 4.82. The Balaban J connectivity index is 2.60. The summed E-state index contributed by atoms with van der Waals surface area (Å²) in [6.45, 7) is 4.34. The lowest BCUT2D eigenvalue weighted by Crippen LogP contribution is -2.11. The van der Waals surface area contributed by atoms with Crippen molar-refractivity contribution in [1.29, 1.82) is 0 Å². The largest absolute Gasteiger partial charge is 0.324 e. The number of rotatable bonds is 3. The minimum atomic E-state index is -0.313. The summed E-state index contributed by atoms with van der Waals surface area (Å²) in [5, 5.41) is 8.15. The van der Waals surface area contributed by atoms with Gasteiger partial charge in [-0.25, -0.2) is 4.39 Å². The number of hydrogen-bond acceptors (Lipinski definition) is 3. The van der Waals surface area contributed by atoms with Crippen LogP contribution in [0.1, 0.15) is 25.7 Å². The van der Waals surface area contributed by atoms with Crippen LogP contribution in [0.15, 0.2) is 22.7 Å². The van der Waals surface area contributed by atoms with Crippen molar-refractivity contribution in [3.8, 4) is 11.4 Å². The first-order valence-electron chi connectivity index (χ1n) is 5.63. The molecule has 2 aromatic rings. The SMILES string of the molecule is CC(C)n1c(CN)nnc1-c1cc(F)cc(Br)c1. The third kappa shape index (κ3) is 2.44. The Morgan fingerprint density at radius 1 is 1.33 bits per heavy atom. The molecule has 96 valence electrons. The average Bonchev–Trinajstić information content (AvgIpc) is 2.71. The maximum absolute atomic E-state index is 13.4. The van der Waals surface area contributed by atoms with Crippen LogP contribution in [0.25, 0.3) is 11.4 Å². The molecule has 4 nitrogen and oxygen atoms in total. The predicted molar refractivity (Wildman–Crippen MR) is 71.4 cm³/mol. The van der Waals surface area contributed by atoms with Gasteiger partial charge in [0.15, 0.2) is 5.82 Å². The van der Waals surface area contributed by atoms with Crippen molar-refractivity contribution < 1.29 is 4.39 Å². The molecule has 1 aromatic heterocycles. The highest BCUT2D eigenvalue weighted by molar-refractivity contribution is 9.10. The number of benzene rings is 1. The molecule has 2 N–H and O–H groups in total. The second-order valence-corrected chi connectivity index (χ2v) is 5.18. The number of aromatic nitrogens is 3. The minimum absolute atomic E-state index is 0.163. The molecule has 0 fully saturated rings. The van der Waals surface area contributed by atoms with Gasteiger partial charge in [0.1, 0.15) is 11.6 Å². The Kier molecular flexibility index (Phi) is 3.77. The summed E-state index contributed by atoms with van der Waals surface area (Å²) >= 11 is 3.27. The van der Waals surface area contributed by atoms with E-state index in [2.05, 4.69) is 26.1 Å². The molecule has 6 heteroatoms. The van der Waals surface area contributed by atoms with Crippen LogP contribution < -0.4 is 5.73 Å². The quantitative estimate of drug-likeness (QED) is 0.948. The number of hydrogen-bond donors (Lipinski definition) is 1. The van der Waals surface area contributed by atoms with Crippen LogP contribution in [0.5, 0.6) is 0 Å². The highest BCUT2D eigenvalue weighted by atomic mass is 79.9. The van der Waals surface area contributed by atoms with E-state index < -0.39 is 0 Å². The van der Waals surface area contributed by atoms with Crippen molar-refractivity contribution in [2.45, 2.75) is 26.4 Å². The molecular formula is C12H14BrFN4. The lowest BCUT2D eigenvalue weighted by Gasteiger charge is -2.13. The molecule has 0 unspecified atom stereocenters. The monoisotopic (exact) mass is 312 g/mol. The zero-order valence-electron chi connectivity index (χ0n) is 10.2. The molecule has 1 heterocycles. The van der Waals surface area contributed by atoms with E-state index in [1.807, 2.05) is 24.5 Å². The topological polar surface area (TPSA) is 56.7 Å². The first-order valence-corrected chi connectivity index (χ1v) is 6.42. The molecule has 1 aromatic carbocycles. The fourth-order valence-corrected chi connectivity index (χ4v) is 2.35. The molecule has 0 bridgehead atoms. The number of nitrogens with two attached hydrogens (primary N) is 1. The van der Waals surface area contributed by atoms with Gasteiger partial charge in [0, 0.05) is 16.1 Å². The van der Waals surface area contributed by atoms with Gasteiger partial charge >= 0.3 is 0 Å². The summed E-state index contributed by atoms with van der Waals surface area (Å²) in [7, 11) is 0. The molecule has 0 aliphatic heterocycles. The number of halogens is 2. The standard InChI is InChI=1S/C12H14BrFN4/c1-7(2)18-11(6-15)16-17-12(18)8-3-9(13)5-10(14)4-8/h3-5,7H,6,15H2,1-2H3. The predicted octanol–water partition coefficient (Wildman–Crippen LogP) is 2.89. The molecule has 0 saturated heterocycles. The fraction of sp³-hybridized carbons (Fsp3) is 0.333. The summed E-state index contributed by atoms with van der Waals surface area (Å²) in [6.07, 6.45) is 0. The molecule has 0 radical (unpaired) electrons. The first-order chi connectivity index (χ1) is 8.52. The molecule has 0 aliphatic carbocycles. The highest BCUT2D eigenvalue weighted by Gasteiger charge is 2.16. The maximum Gasteiger partial charge on any atom is 0.164 e. The Bertz CT molecular complexity index is 545. The zero-order valence-corrected chi connectivity index (χ0v) is 11.8. The summed E-state index contributed by atoms with van der Waals surface area (Å²) in [4.78, 5) is 0. The third-order valence-electron chi connectivity index (χ3n) is 2.59. The van der Waals surface area contributed by atoms with Crippen LogP contribution in [0, 0.1) is 5.82 Å². The second kappa shape index (κ2) is 5.16. The van der Waals surface area contributed by atoms with Gasteiger partial charge in [0.25, 0.3) is 0 Å². The smallest absolute Gasteiger partial charge is 0.164 e. The van der Waals surface area contributed by atoms with E-state index in [9.17, 15) is 4.39 Å². The van der Waals surface area contributed by atoms with E-state index in [1.54, 1.807) is 0 Å². The lowest BCUT2D eigenvalue weighted by atomic mass is 10.2. The van der Waals surface area contributed by atoms with Gasteiger partial charge in [-0.3, -0.25) is 0 Å². The van der Waals surface area contributed by atoms with Crippen LogP contribution in [-0.4, -0.2) is 14.8 Å². The van der Waals surface area contributed by atoms with Gasteiger partial charge in [0.2, 0.25) is 0 Å². The molecule has 0 spiro atoms. The van der Waals surface area contributed by atoms with Gasteiger partial charge in [-0.2, -0.15) is 0 Å². The Morgan fingerprint density at radius 2 is 2.06 bits per heavy atom. The van der Waals surface area contributed by atoms with Gasteiger partial charge in [-0.05, 0) is 32.0 Å². The fourth-order valence-electron chi connectivity index (χ4n) is 1.89. The Labute approximate surface area is 113 Å². The normalized spacial score (nSPS) is 11.2. The molecule has 0 saturated carbocycles. The number of nitrogens with zero attached hydrogens (tertiary/aromatic N) is 3. The van der Waals surface area contributed by atoms with Crippen molar-refractivity contribution in [3.63, 3.8) is 0 Å². The van der Waals surface area contributed by atoms with Crippen molar-refractivity contribution in [2.75, 3.05) is 0 Å². The van der Waals surface area contributed by atoms with Gasteiger partial charge in [0.05, 0.1) is 6.54 Å². The van der Waals surface area contributed by atoms with E-state index in [-0.39, 0.29) is 11.9 Å². The zero-order chi connectivity index (χ0) is 13.3.